The van der Waals surface area contributed by atoms with Crippen LogP contribution in [0, 0.1) is 5.82 Å². The van der Waals surface area contributed by atoms with Gasteiger partial charge in [-0.2, -0.15) is 0 Å². The van der Waals surface area contributed by atoms with E-state index in [-0.39, 0.29) is 11.8 Å². The van der Waals surface area contributed by atoms with E-state index < -0.39 is 0 Å². The summed E-state index contributed by atoms with van der Waals surface area (Å²) in [4.78, 5) is 27.0. The number of aromatic nitrogens is 2. The van der Waals surface area contributed by atoms with Gasteiger partial charge in [0.1, 0.15) is 18.0 Å². The van der Waals surface area contributed by atoms with E-state index in [0.717, 1.165) is 54.2 Å². The first-order valence-electron chi connectivity index (χ1n) is 10.8. The molecule has 2 aromatic heterocycles. The van der Waals surface area contributed by atoms with Crippen molar-refractivity contribution in [1.29, 1.82) is 0 Å². The smallest absolute Gasteiger partial charge is 0.317 e. The second-order valence-corrected chi connectivity index (χ2v) is 9.02. The molecule has 9 heteroatoms. The van der Waals surface area contributed by atoms with Crippen LogP contribution in [0.3, 0.4) is 0 Å². The molecule has 1 saturated heterocycles. The Balaban J connectivity index is 1.23. The molecule has 0 spiro atoms. The van der Waals surface area contributed by atoms with Crippen molar-refractivity contribution < 1.29 is 9.18 Å². The molecule has 1 fully saturated rings. The fraction of sp³-hybridized carbons (Fsp3) is 0.348. The molecule has 0 saturated carbocycles. The van der Waals surface area contributed by atoms with Crippen molar-refractivity contribution in [2.75, 3.05) is 44.2 Å². The molecule has 1 aromatic carbocycles. The molecule has 0 aliphatic carbocycles. The quantitative estimate of drug-likeness (QED) is 0.636. The number of benzene rings is 1. The summed E-state index contributed by atoms with van der Waals surface area (Å²) in [6.45, 7) is 4.98. The molecule has 2 amide bonds. The lowest BCUT2D eigenvalue weighted by molar-refractivity contribution is 0.194. The number of rotatable bonds is 4. The first-order chi connectivity index (χ1) is 15.7. The van der Waals surface area contributed by atoms with Crippen LogP contribution in [0.2, 0.25) is 0 Å². The number of nitrogens with zero attached hydrogens (tertiary/aromatic N) is 4. The number of halogens is 1. The molecular weight excluding hydrogens is 427 g/mol. The van der Waals surface area contributed by atoms with Crippen LogP contribution in [0.25, 0.3) is 15.8 Å². The minimum absolute atomic E-state index is 0.0990. The van der Waals surface area contributed by atoms with Crippen molar-refractivity contribution in [2.45, 2.75) is 13.0 Å². The Hall–Kier alpha value is -3.04. The van der Waals surface area contributed by atoms with Crippen molar-refractivity contribution in [3.8, 4) is 0 Å². The summed E-state index contributed by atoms with van der Waals surface area (Å²) in [6.07, 6.45) is 4.92. The molecule has 0 radical (unpaired) electrons. The first kappa shape index (κ1) is 20.8. The van der Waals surface area contributed by atoms with Crippen LogP contribution in [-0.2, 0) is 6.54 Å². The number of nitrogens with one attached hydrogen (secondary N) is 2. The molecule has 3 aromatic rings. The summed E-state index contributed by atoms with van der Waals surface area (Å²) in [6, 6.07) is 8.24. The predicted octanol–water partition coefficient (Wildman–Crippen LogP) is 3.24. The van der Waals surface area contributed by atoms with E-state index in [2.05, 4.69) is 37.6 Å². The molecule has 2 N–H and O–H groups in total. The van der Waals surface area contributed by atoms with Gasteiger partial charge in [0.05, 0.1) is 10.2 Å². The van der Waals surface area contributed by atoms with E-state index in [0.29, 0.717) is 19.6 Å². The first-order valence-corrected chi connectivity index (χ1v) is 11.7. The monoisotopic (exact) mass is 452 g/mol. The molecule has 0 atom stereocenters. The Bertz CT molecular complexity index is 1140. The summed E-state index contributed by atoms with van der Waals surface area (Å²) in [5.74, 6) is 0.674. The molecule has 2 aliphatic rings. The van der Waals surface area contributed by atoms with Gasteiger partial charge in [-0.05, 0) is 42.3 Å². The van der Waals surface area contributed by atoms with Gasteiger partial charge in [0.25, 0.3) is 0 Å². The normalized spacial score (nSPS) is 16.8. The highest BCUT2D eigenvalue weighted by atomic mass is 32.1. The minimum Gasteiger partial charge on any atom is -0.352 e. The summed E-state index contributed by atoms with van der Waals surface area (Å²) in [7, 11) is 0. The summed E-state index contributed by atoms with van der Waals surface area (Å²) in [5.41, 5.74) is 3.23. The average molecular weight is 453 g/mol. The largest absolute Gasteiger partial charge is 0.352 e. The van der Waals surface area contributed by atoms with Gasteiger partial charge in [0, 0.05) is 44.1 Å². The van der Waals surface area contributed by atoms with E-state index in [1.54, 1.807) is 29.8 Å². The van der Waals surface area contributed by atoms with Crippen LogP contribution in [-0.4, -0.2) is 60.2 Å². The Labute approximate surface area is 190 Å². The van der Waals surface area contributed by atoms with E-state index in [1.165, 1.54) is 22.6 Å². The lowest BCUT2D eigenvalue weighted by Gasteiger charge is -2.35. The van der Waals surface area contributed by atoms with E-state index in [4.69, 9.17) is 0 Å². The molecule has 4 heterocycles. The third-order valence-corrected chi connectivity index (χ3v) is 7.09. The number of hydrogen-bond donors (Lipinski definition) is 2. The van der Waals surface area contributed by atoms with Crippen LogP contribution in [0.5, 0.6) is 0 Å². The van der Waals surface area contributed by atoms with Gasteiger partial charge in [0.2, 0.25) is 0 Å². The van der Waals surface area contributed by atoms with Crippen LogP contribution < -0.4 is 15.5 Å². The maximum Gasteiger partial charge on any atom is 0.317 e. The number of anilines is 1. The highest BCUT2D eigenvalue weighted by Gasteiger charge is 2.24. The molecule has 5 rings (SSSR count). The Morgan fingerprint density at radius 3 is 2.72 bits per heavy atom. The van der Waals surface area contributed by atoms with Crippen molar-refractivity contribution in [3.05, 3.63) is 59.0 Å². The summed E-state index contributed by atoms with van der Waals surface area (Å²) >= 11 is 1.76. The Morgan fingerprint density at radius 2 is 1.97 bits per heavy atom. The van der Waals surface area contributed by atoms with E-state index in [1.807, 2.05) is 4.90 Å². The van der Waals surface area contributed by atoms with Crippen LogP contribution in [0.15, 0.2) is 42.7 Å². The zero-order valence-corrected chi connectivity index (χ0v) is 18.5. The molecule has 0 bridgehead atoms. The molecule has 0 unspecified atom stereocenters. The average Bonchev–Trinajstić information content (AvgIpc) is 3.29. The standard InChI is InChI=1S/C23H25FN6OS/c24-18-3-1-16(2-4-18)14-26-23(31)30-11-9-29(10-12-30)22-21-19(27-15-28-22)13-20(32-21)17-5-7-25-8-6-17/h1-5,13,15,25H,6-12,14H2,(H,26,31). The number of thiophene rings is 1. The van der Waals surface area contributed by atoms with Gasteiger partial charge in [-0.15, -0.1) is 11.3 Å². The molecular formula is C23H25FN6OS. The third kappa shape index (κ3) is 4.44. The fourth-order valence-electron chi connectivity index (χ4n) is 4.08. The molecule has 166 valence electrons. The predicted molar refractivity (Wildman–Crippen MR) is 125 cm³/mol. The van der Waals surface area contributed by atoms with Crippen LogP contribution in [0.4, 0.5) is 15.0 Å². The second-order valence-electron chi connectivity index (χ2n) is 7.97. The molecule has 32 heavy (non-hydrogen) atoms. The Kier molecular flexibility index (Phi) is 6.00. The highest BCUT2D eigenvalue weighted by molar-refractivity contribution is 7.20. The fourth-order valence-corrected chi connectivity index (χ4v) is 5.28. The Morgan fingerprint density at radius 1 is 1.16 bits per heavy atom. The van der Waals surface area contributed by atoms with Gasteiger partial charge >= 0.3 is 6.03 Å². The van der Waals surface area contributed by atoms with Crippen molar-refractivity contribution in [2.24, 2.45) is 0 Å². The number of piperazine rings is 1. The van der Waals surface area contributed by atoms with Crippen LogP contribution in [0.1, 0.15) is 16.9 Å². The second kappa shape index (κ2) is 9.22. The van der Waals surface area contributed by atoms with Gasteiger partial charge < -0.3 is 20.4 Å². The maximum atomic E-state index is 13.0. The van der Waals surface area contributed by atoms with E-state index >= 15 is 0 Å². The lowest BCUT2D eigenvalue weighted by Crippen LogP contribution is -2.51. The highest BCUT2D eigenvalue weighted by Crippen LogP contribution is 2.36. The zero-order chi connectivity index (χ0) is 21.9. The number of urea groups is 1. The van der Waals surface area contributed by atoms with Gasteiger partial charge in [-0.25, -0.2) is 19.2 Å². The number of carbonyl (C=O) groups is 1. The zero-order valence-electron chi connectivity index (χ0n) is 17.7. The van der Waals surface area contributed by atoms with Gasteiger partial charge in [-0.1, -0.05) is 18.2 Å². The molecule has 2 aliphatic heterocycles. The van der Waals surface area contributed by atoms with Crippen molar-refractivity contribution in [3.63, 3.8) is 0 Å². The van der Waals surface area contributed by atoms with Gasteiger partial charge in [-0.3, -0.25) is 0 Å². The van der Waals surface area contributed by atoms with Crippen molar-refractivity contribution >= 4 is 39.0 Å². The number of amides is 2. The van der Waals surface area contributed by atoms with Crippen molar-refractivity contribution in [1.82, 2.24) is 25.5 Å². The van der Waals surface area contributed by atoms with Crippen LogP contribution >= 0.6 is 11.3 Å². The topological polar surface area (TPSA) is 73.4 Å². The third-order valence-electron chi connectivity index (χ3n) is 5.90. The molecule has 7 nitrogen and oxygen atoms in total. The summed E-state index contributed by atoms with van der Waals surface area (Å²) in [5, 5.41) is 6.28. The maximum absolute atomic E-state index is 13.0. The SMILES string of the molecule is O=C(NCc1ccc(F)cc1)N1CCN(c2ncnc3cc(C4=CCNCC4)sc23)CC1. The number of fused-ring (bicyclic) bond motifs is 1. The number of hydrogen-bond acceptors (Lipinski definition) is 6. The van der Waals surface area contributed by atoms with Gasteiger partial charge in [0.15, 0.2) is 0 Å². The van der Waals surface area contributed by atoms with E-state index in [9.17, 15) is 9.18 Å². The number of carbonyl (C=O) groups excluding carboxylic acids is 1. The lowest BCUT2D eigenvalue weighted by atomic mass is 10.1. The summed E-state index contributed by atoms with van der Waals surface area (Å²) < 4.78 is 14.1. The minimum atomic E-state index is -0.277.